The summed E-state index contributed by atoms with van der Waals surface area (Å²) >= 11 is 3.39. The van der Waals surface area contributed by atoms with Gasteiger partial charge < -0.3 is 4.74 Å². The van der Waals surface area contributed by atoms with Gasteiger partial charge in [-0.3, -0.25) is 0 Å². The molecule has 0 spiro atoms. The molecule has 0 bridgehead atoms. The van der Waals surface area contributed by atoms with Crippen molar-refractivity contribution >= 4 is 25.8 Å². The number of rotatable bonds is 6. The molecular formula is C19H18BrNO3S. The molecule has 0 saturated heterocycles. The molecule has 2 aromatic rings. The quantitative estimate of drug-likeness (QED) is 0.710. The Morgan fingerprint density at radius 2 is 1.80 bits per heavy atom. The van der Waals surface area contributed by atoms with Crippen molar-refractivity contribution in [2.75, 3.05) is 13.2 Å². The molecule has 0 heterocycles. The molecule has 0 amide bonds. The van der Waals surface area contributed by atoms with E-state index in [1.54, 1.807) is 30.3 Å². The third-order valence-electron chi connectivity index (χ3n) is 4.64. The summed E-state index contributed by atoms with van der Waals surface area (Å²) in [6.07, 6.45) is 0. The van der Waals surface area contributed by atoms with Crippen molar-refractivity contribution in [2.24, 2.45) is 5.41 Å². The van der Waals surface area contributed by atoms with Crippen LogP contribution in [0.5, 0.6) is 0 Å². The molecule has 1 aliphatic rings. The molecule has 130 valence electrons. The first-order valence-corrected chi connectivity index (χ1v) is 10.3. The first-order valence-electron chi connectivity index (χ1n) is 8.01. The zero-order chi connectivity index (χ0) is 18.1. The molecule has 0 unspecified atom stereocenters. The van der Waals surface area contributed by atoms with Crippen LogP contribution < -0.4 is 0 Å². The van der Waals surface area contributed by atoms with E-state index in [1.807, 2.05) is 31.2 Å². The summed E-state index contributed by atoms with van der Waals surface area (Å²) < 4.78 is 32.7. The summed E-state index contributed by atoms with van der Waals surface area (Å²) in [6.45, 7) is 2.38. The first-order chi connectivity index (χ1) is 12.0. The van der Waals surface area contributed by atoms with Gasteiger partial charge in [-0.1, -0.05) is 46.3 Å². The number of ether oxygens (including phenoxy) is 1. The average molecular weight is 420 g/mol. The molecule has 4 nitrogen and oxygen atoms in total. The van der Waals surface area contributed by atoms with Crippen LogP contribution in [0.25, 0.3) is 0 Å². The number of nitrogens with zero attached hydrogens (tertiary/aromatic N) is 1. The van der Waals surface area contributed by atoms with Gasteiger partial charge in [0.1, 0.15) is 5.41 Å². The first kappa shape index (κ1) is 18.1. The number of nitriles is 1. The van der Waals surface area contributed by atoms with E-state index in [0.29, 0.717) is 6.61 Å². The topological polar surface area (TPSA) is 67.2 Å². The largest absolute Gasteiger partial charge is 0.380 e. The zero-order valence-corrected chi connectivity index (χ0v) is 16.1. The summed E-state index contributed by atoms with van der Waals surface area (Å²) in [7, 11) is -3.64. The fourth-order valence-corrected chi connectivity index (χ4v) is 5.96. The van der Waals surface area contributed by atoms with E-state index in [2.05, 4.69) is 22.0 Å². The van der Waals surface area contributed by atoms with Crippen LogP contribution in [0.3, 0.4) is 0 Å². The van der Waals surface area contributed by atoms with Crippen molar-refractivity contribution in [1.29, 1.82) is 5.26 Å². The smallest absolute Gasteiger partial charge is 0.183 e. The standard InChI is InChI=1S/C19H18BrNO3S/c1-2-24-13-19(12-21)17(14-8-10-15(20)11-9-14)18(19)25(22,23)16-6-4-3-5-7-16/h3-11,17-18H,2,13H2,1H3/t17-,18+,19-/m1/s1. The number of halogens is 1. The molecule has 3 atom stereocenters. The van der Waals surface area contributed by atoms with Crippen LogP contribution in [0.1, 0.15) is 18.4 Å². The van der Waals surface area contributed by atoms with Gasteiger partial charge in [0.05, 0.1) is 22.8 Å². The average Bonchev–Trinajstić information content (AvgIpc) is 3.31. The second kappa shape index (κ2) is 6.91. The minimum atomic E-state index is -3.64. The van der Waals surface area contributed by atoms with Gasteiger partial charge in [0, 0.05) is 17.0 Å². The van der Waals surface area contributed by atoms with Crippen LogP contribution in [0.4, 0.5) is 0 Å². The van der Waals surface area contributed by atoms with Crippen LogP contribution in [0.2, 0.25) is 0 Å². The third-order valence-corrected chi connectivity index (χ3v) is 7.46. The molecule has 1 aliphatic carbocycles. The Morgan fingerprint density at radius 1 is 1.16 bits per heavy atom. The molecule has 0 N–H and O–H groups in total. The minimum absolute atomic E-state index is 0.109. The Morgan fingerprint density at radius 3 is 2.36 bits per heavy atom. The van der Waals surface area contributed by atoms with Gasteiger partial charge in [0.15, 0.2) is 9.84 Å². The summed E-state index contributed by atoms with van der Waals surface area (Å²) in [5.74, 6) is -0.401. The van der Waals surface area contributed by atoms with Crippen LogP contribution in [0.15, 0.2) is 64.0 Å². The van der Waals surface area contributed by atoms with E-state index in [4.69, 9.17) is 4.74 Å². The summed E-state index contributed by atoms with van der Waals surface area (Å²) in [5.41, 5.74) is -0.215. The highest BCUT2D eigenvalue weighted by Crippen LogP contribution is 2.63. The van der Waals surface area contributed by atoms with Crippen LogP contribution in [-0.4, -0.2) is 26.9 Å². The van der Waals surface area contributed by atoms with Crippen LogP contribution in [0, 0.1) is 16.7 Å². The highest BCUT2D eigenvalue weighted by molar-refractivity contribution is 9.10. The van der Waals surface area contributed by atoms with Crippen molar-refractivity contribution in [1.82, 2.24) is 0 Å². The van der Waals surface area contributed by atoms with E-state index in [-0.39, 0.29) is 11.5 Å². The molecule has 0 aliphatic heterocycles. The normalized spacial score (nSPS) is 25.3. The van der Waals surface area contributed by atoms with Crippen LogP contribution >= 0.6 is 15.9 Å². The molecule has 0 radical (unpaired) electrons. The molecule has 6 heteroatoms. The van der Waals surface area contributed by atoms with Gasteiger partial charge in [-0.15, -0.1) is 0 Å². The highest BCUT2D eigenvalue weighted by atomic mass is 79.9. The highest BCUT2D eigenvalue weighted by Gasteiger charge is 2.72. The Kier molecular flexibility index (Phi) is 5.01. The Bertz CT molecular complexity index is 891. The van der Waals surface area contributed by atoms with Gasteiger partial charge in [-0.25, -0.2) is 8.42 Å². The van der Waals surface area contributed by atoms with Crippen molar-refractivity contribution in [3.63, 3.8) is 0 Å². The van der Waals surface area contributed by atoms with Crippen LogP contribution in [-0.2, 0) is 14.6 Å². The molecule has 1 fully saturated rings. The maximum absolute atomic E-state index is 13.2. The maximum atomic E-state index is 13.2. The van der Waals surface area contributed by atoms with E-state index >= 15 is 0 Å². The molecular weight excluding hydrogens is 402 g/mol. The van der Waals surface area contributed by atoms with Gasteiger partial charge in [-0.05, 0) is 36.8 Å². The Balaban J connectivity index is 2.06. The Labute approximate surface area is 156 Å². The summed E-state index contributed by atoms with van der Waals surface area (Å²) in [4.78, 5) is 0.246. The second-order valence-corrected chi connectivity index (χ2v) is 9.08. The zero-order valence-electron chi connectivity index (χ0n) is 13.7. The van der Waals surface area contributed by atoms with Crippen molar-refractivity contribution in [3.05, 3.63) is 64.6 Å². The van der Waals surface area contributed by atoms with Gasteiger partial charge in [0.25, 0.3) is 0 Å². The molecule has 1 saturated carbocycles. The number of hydrogen-bond donors (Lipinski definition) is 0. The molecule has 25 heavy (non-hydrogen) atoms. The summed E-state index contributed by atoms with van der Waals surface area (Å²) in [5, 5.41) is 9.04. The fourth-order valence-electron chi connectivity index (χ4n) is 3.37. The van der Waals surface area contributed by atoms with E-state index < -0.39 is 26.4 Å². The number of hydrogen-bond acceptors (Lipinski definition) is 4. The third kappa shape index (κ3) is 3.12. The minimum Gasteiger partial charge on any atom is -0.380 e. The number of benzene rings is 2. The maximum Gasteiger partial charge on any atom is 0.183 e. The van der Waals surface area contributed by atoms with Crippen molar-refractivity contribution in [2.45, 2.75) is 23.0 Å². The number of sulfone groups is 1. The molecule has 2 aromatic carbocycles. The predicted octanol–water partition coefficient (Wildman–Crippen LogP) is 3.94. The lowest BCUT2D eigenvalue weighted by Gasteiger charge is -2.09. The van der Waals surface area contributed by atoms with Gasteiger partial charge >= 0.3 is 0 Å². The molecule has 3 rings (SSSR count). The molecule has 0 aromatic heterocycles. The lowest BCUT2D eigenvalue weighted by Crippen LogP contribution is -2.19. The van der Waals surface area contributed by atoms with E-state index in [1.165, 1.54) is 0 Å². The summed E-state index contributed by atoms with van der Waals surface area (Å²) in [6, 6.07) is 18.0. The van der Waals surface area contributed by atoms with Crippen molar-refractivity contribution < 1.29 is 13.2 Å². The lowest BCUT2D eigenvalue weighted by molar-refractivity contribution is 0.117. The lowest BCUT2D eigenvalue weighted by atomic mass is 10.0. The Hall–Kier alpha value is -1.68. The second-order valence-electron chi connectivity index (χ2n) is 6.10. The fraction of sp³-hybridized carbons (Fsp3) is 0.316. The monoisotopic (exact) mass is 419 g/mol. The predicted molar refractivity (Wildman–Crippen MR) is 98.8 cm³/mol. The van der Waals surface area contributed by atoms with Gasteiger partial charge in [-0.2, -0.15) is 5.26 Å². The van der Waals surface area contributed by atoms with Gasteiger partial charge in [0.2, 0.25) is 0 Å². The van der Waals surface area contributed by atoms with Crippen molar-refractivity contribution in [3.8, 4) is 6.07 Å². The van der Waals surface area contributed by atoms with E-state index in [0.717, 1.165) is 10.0 Å². The van der Waals surface area contributed by atoms with E-state index in [9.17, 15) is 13.7 Å². The SMILES string of the molecule is CCOC[C@]1(C#N)[C@H](c2ccc(Br)cc2)[C@@H]1S(=O)(=O)c1ccccc1.